The van der Waals surface area contributed by atoms with E-state index in [1.165, 1.54) is 35.8 Å². The maximum absolute atomic E-state index is 4.65. The first kappa shape index (κ1) is 12.2. The van der Waals surface area contributed by atoms with Crippen LogP contribution in [-0.4, -0.2) is 24.5 Å². The van der Waals surface area contributed by atoms with Gasteiger partial charge in [0.15, 0.2) is 0 Å². The zero-order valence-corrected chi connectivity index (χ0v) is 13.4. The second kappa shape index (κ2) is 4.57. The normalized spacial score (nSPS) is 11.6. The van der Waals surface area contributed by atoms with Crippen molar-refractivity contribution in [3.8, 4) is 11.1 Å². The van der Waals surface area contributed by atoms with Crippen molar-refractivity contribution in [3.05, 3.63) is 67.0 Å². The average molecular weight is 347 g/mol. The molecule has 3 heterocycles. The second-order valence-electron chi connectivity index (χ2n) is 5.39. The topological polar surface area (TPSA) is 28.7 Å². The number of nitrogens with one attached hydrogen (secondary N) is 1. The molecule has 0 fully saturated rings. The Bertz CT molecular complexity index is 1120. The molecule has 0 aliphatic carbocycles. The van der Waals surface area contributed by atoms with E-state index in [-0.39, 0.29) is 0 Å². The van der Waals surface area contributed by atoms with Crippen molar-refractivity contribution < 1.29 is 0 Å². The van der Waals surface area contributed by atoms with E-state index < -0.39 is 0 Å². The third kappa shape index (κ3) is 1.64. The third-order valence-electron chi connectivity index (χ3n) is 4.13. The molecule has 0 bridgehead atoms. The van der Waals surface area contributed by atoms with Crippen molar-refractivity contribution in [2.24, 2.45) is 0 Å². The SMILES string of the molecule is c1ccc(-c2c[nH]c3ncc4c5ccccc5[se]c4c23)cc1. The Kier molecular flexibility index (Phi) is 2.54. The van der Waals surface area contributed by atoms with Gasteiger partial charge in [-0.2, -0.15) is 0 Å². The molecular weight excluding hydrogens is 335 g/mol. The molecule has 0 saturated heterocycles. The number of pyridine rings is 1. The first-order valence-electron chi connectivity index (χ1n) is 7.24. The minimum absolute atomic E-state index is 0.346. The third-order valence-corrected chi connectivity index (χ3v) is 6.65. The average Bonchev–Trinajstić information content (AvgIpc) is 3.16. The van der Waals surface area contributed by atoms with E-state index in [0.717, 1.165) is 5.65 Å². The van der Waals surface area contributed by atoms with Gasteiger partial charge in [-0.15, -0.1) is 0 Å². The summed E-state index contributed by atoms with van der Waals surface area (Å²) in [6, 6.07) is 19.3. The Morgan fingerprint density at radius 2 is 1.68 bits per heavy atom. The van der Waals surface area contributed by atoms with Gasteiger partial charge >= 0.3 is 133 Å². The van der Waals surface area contributed by atoms with Gasteiger partial charge in [0.25, 0.3) is 0 Å². The molecule has 0 aliphatic heterocycles. The summed E-state index contributed by atoms with van der Waals surface area (Å²) in [5, 5.41) is 3.95. The summed E-state index contributed by atoms with van der Waals surface area (Å²) in [7, 11) is 0. The van der Waals surface area contributed by atoms with Crippen molar-refractivity contribution in [2.75, 3.05) is 0 Å². The van der Waals surface area contributed by atoms with Gasteiger partial charge in [-0.1, -0.05) is 0 Å². The van der Waals surface area contributed by atoms with E-state index in [4.69, 9.17) is 0 Å². The van der Waals surface area contributed by atoms with Crippen molar-refractivity contribution in [1.82, 2.24) is 9.97 Å². The number of hydrogen-bond donors (Lipinski definition) is 1. The Hall–Kier alpha value is -2.35. The predicted octanol–water partition coefficient (Wildman–Crippen LogP) is 4.59. The summed E-state index contributed by atoms with van der Waals surface area (Å²) < 4.78 is 2.92. The minimum atomic E-state index is 0.346. The molecule has 0 unspecified atom stereocenters. The van der Waals surface area contributed by atoms with Gasteiger partial charge in [0.1, 0.15) is 0 Å². The van der Waals surface area contributed by atoms with E-state index in [0.29, 0.717) is 14.5 Å². The molecule has 3 aromatic heterocycles. The molecule has 0 spiro atoms. The Labute approximate surface area is 133 Å². The van der Waals surface area contributed by atoms with E-state index in [2.05, 4.69) is 70.8 Å². The molecule has 2 aromatic carbocycles. The zero-order valence-electron chi connectivity index (χ0n) is 11.7. The summed E-state index contributed by atoms with van der Waals surface area (Å²) in [6.07, 6.45) is 4.11. The van der Waals surface area contributed by atoms with Crippen molar-refractivity contribution in [2.45, 2.75) is 0 Å². The fraction of sp³-hybridized carbons (Fsp3) is 0. The van der Waals surface area contributed by atoms with Crippen LogP contribution in [0, 0.1) is 0 Å². The molecule has 0 radical (unpaired) electrons. The Morgan fingerprint density at radius 1 is 0.864 bits per heavy atom. The van der Waals surface area contributed by atoms with Crippen LogP contribution in [-0.2, 0) is 0 Å². The number of fused-ring (bicyclic) bond motifs is 5. The number of aromatic nitrogens is 2. The standard InChI is InChI=1S/C19H12N2Se/c1-2-6-12(7-3-1)14-10-20-19-17(14)18-15(11-21-19)13-8-4-5-9-16(13)22-18/h1-11H,(H,20,21). The fourth-order valence-corrected chi connectivity index (χ4v) is 5.69. The molecule has 3 heteroatoms. The number of rotatable bonds is 1. The first-order valence-corrected chi connectivity index (χ1v) is 8.96. The van der Waals surface area contributed by atoms with Crippen LogP contribution in [0.1, 0.15) is 0 Å². The summed E-state index contributed by atoms with van der Waals surface area (Å²) in [5.41, 5.74) is 3.50. The van der Waals surface area contributed by atoms with Crippen LogP contribution in [0.4, 0.5) is 0 Å². The molecule has 104 valence electrons. The number of aromatic amines is 1. The fourth-order valence-electron chi connectivity index (χ4n) is 3.10. The summed E-state index contributed by atoms with van der Waals surface area (Å²) in [5.74, 6) is 0. The van der Waals surface area contributed by atoms with Crippen LogP contribution in [0.5, 0.6) is 0 Å². The van der Waals surface area contributed by atoms with Gasteiger partial charge in [-0.05, 0) is 0 Å². The maximum atomic E-state index is 4.65. The van der Waals surface area contributed by atoms with Crippen LogP contribution in [0.15, 0.2) is 67.0 Å². The molecule has 5 aromatic rings. The van der Waals surface area contributed by atoms with Gasteiger partial charge < -0.3 is 0 Å². The Morgan fingerprint density at radius 3 is 2.59 bits per heavy atom. The van der Waals surface area contributed by atoms with E-state index in [1.807, 2.05) is 6.20 Å². The molecule has 22 heavy (non-hydrogen) atoms. The van der Waals surface area contributed by atoms with Gasteiger partial charge in [-0.3, -0.25) is 0 Å². The number of nitrogens with zero attached hydrogens (tertiary/aromatic N) is 1. The Balaban J connectivity index is 1.97. The van der Waals surface area contributed by atoms with Crippen LogP contribution in [0.3, 0.4) is 0 Å². The number of H-pyrrole nitrogens is 1. The van der Waals surface area contributed by atoms with E-state index in [9.17, 15) is 0 Å². The summed E-state index contributed by atoms with van der Waals surface area (Å²) >= 11 is 0.346. The van der Waals surface area contributed by atoms with Crippen LogP contribution in [0.2, 0.25) is 0 Å². The van der Waals surface area contributed by atoms with Crippen LogP contribution in [0.25, 0.3) is 41.5 Å². The van der Waals surface area contributed by atoms with Crippen molar-refractivity contribution >= 4 is 44.8 Å². The van der Waals surface area contributed by atoms with Crippen LogP contribution < -0.4 is 0 Å². The van der Waals surface area contributed by atoms with Gasteiger partial charge in [0, 0.05) is 0 Å². The quantitative estimate of drug-likeness (QED) is 0.441. The number of hydrogen-bond acceptors (Lipinski definition) is 1. The first-order chi connectivity index (χ1) is 10.9. The molecule has 5 rings (SSSR count). The molecule has 2 nitrogen and oxygen atoms in total. The molecule has 1 N–H and O–H groups in total. The molecule has 0 saturated carbocycles. The number of benzene rings is 2. The zero-order chi connectivity index (χ0) is 14.5. The molecule has 0 amide bonds. The van der Waals surface area contributed by atoms with Gasteiger partial charge in [0.05, 0.1) is 0 Å². The summed E-state index contributed by atoms with van der Waals surface area (Å²) in [4.78, 5) is 7.99. The van der Waals surface area contributed by atoms with E-state index in [1.54, 1.807) is 0 Å². The van der Waals surface area contributed by atoms with Gasteiger partial charge in [0.2, 0.25) is 0 Å². The van der Waals surface area contributed by atoms with Gasteiger partial charge in [-0.25, -0.2) is 0 Å². The second-order valence-corrected chi connectivity index (χ2v) is 7.60. The van der Waals surface area contributed by atoms with Crippen molar-refractivity contribution in [3.63, 3.8) is 0 Å². The predicted molar refractivity (Wildman–Crippen MR) is 93.5 cm³/mol. The van der Waals surface area contributed by atoms with E-state index >= 15 is 0 Å². The molecule has 0 atom stereocenters. The molecular formula is C19H12N2Se. The monoisotopic (exact) mass is 348 g/mol. The van der Waals surface area contributed by atoms with Crippen LogP contribution >= 0.6 is 0 Å². The summed E-state index contributed by atoms with van der Waals surface area (Å²) in [6.45, 7) is 0. The van der Waals surface area contributed by atoms with Crippen molar-refractivity contribution in [1.29, 1.82) is 0 Å². The molecule has 0 aliphatic rings.